The summed E-state index contributed by atoms with van der Waals surface area (Å²) in [6.07, 6.45) is 1.29. The van der Waals surface area contributed by atoms with Crippen molar-refractivity contribution in [1.82, 2.24) is 20.3 Å². The second kappa shape index (κ2) is 8.12. The Morgan fingerprint density at radius 2 is 1.92 bits per heavy atom. The molecule has 0 bridgehead atoms. The minimum atomic E-state index is 0. The number of nitrogens with zero attached hydrogens (tertiary/aromatic N) is 3. The van der Waals surface area contributed by atoms with Crippen LogP contribution in [0.1, 0.15) is 12.2 Å². The van der Waals surface area contributed by atoms with Crippen molar-refractivity contribution in [2.45, 2.75) is 19.0 Å². The van der Waals surface area contributed by atoms with Gasteiger partial charge in [0.25, 0.3) is 0 Å². The van der Waals surface area contributed by atoms with E-state index in [0.29, 0.717) is 0 Å². The van der Waals surface area contributed by atoms with E-state index in [0.717, 1.165) is 62.3 Å². The number of piperazine rings is 1. The number of nitrogens with one attached hydrogen (secondary N) is 1. The van der Waals surface area contributed by atoms with Crippen LogP contribution in [0.5, 0.6) is 0 Å². The molecule has 2 saturated heterocycles. The molecule has 0 aliphatic carbocycles. The third-order valence-electron chi connectivity index (χ3n) is 4.97. The van der Waals surface area contributed by atoms with Crippen LogP contribution in [-0.4, -0.2) is 60.3 Å². The number of aromatic nitrogens is 1. The Hall–Kier alpha value is -1.40. The Morgan fingerprint density at radius 1 is 1.12 bits per heavy atom. The Labute approximate surface area is 149 Å². The van der Waals surface area contributed by atoms with E-state index in [4.69, 9.17) is 4.52 Å². The highest BCUT2D eigenvalue weighted by atomic mass is 35.5. The molecule has 1 unspecified atom stereocenters. The van der Waals surface area contributed by atoms with Crippen molar-refractivity contribution in [2.24, 2.45) is 0 Å². The van der Waals surface area contributed by atoms with E-state index in [9.17, 15) is 0 Å². The van der Waals surface area contributed by atoms with Gasteiger partial charge in [0.1, 0.15) is 5.69 Å². The average molecular weight is 349 g/mol. The topological polar surface area (TPSA) is 44.5 Å². The number of hydrogen-bond acceptors (Lipinski definition) is 5. The second-order valence-electron chi connectivity index (χ2n) is 6.50. The van der Waals surface area contributed by atoms with Gasteiger partial charge in [0.05, 0.1) is 6.54 Å². The molecule has 5 nitrogen and oxygen atoms in total. The molecular formula is C18H25ClN4O. The predicted molar refractivity (Wildman–Crippen MR) is 97.3 cm³/mol. The minimum absolute atomic E-state index is 0. The SMILES string of the molecule is Cl.c1ccc(-c2cc(CN3CCN(C4CCNC4)CC3)on2)cc1. The molecule has 0 amide bonds. The maximum atomic E-state index is 5.53. The van der Waals surface area contributed by atoms with Gasteiger partial charge in [-0.1, -0.05) is 35.5 Å². The Bertz CT molecular complexity index is 619. The number of benzene rings is 1. The van der Waals surface area contributed by atoms with Crippen molar-refractivity contribution in [1.29, 1.82) is 0 Å². The van der Waals surface area contributed by atoms with Crippen LogP contribution in [0, 0.1) is 0 Å². The van der Waals surface area contributed by atoms with Gasteiger partial charge in [-0.15, -0.1) is 12.4 Å². The fourth-order valence-corrected chi connectivity index (χ4v) is 3.59. The van der Waals surface area contributed by atoms with Crippen molar-refractivity contribution in [2.75, 3.05) is 39.3 Å². The molecule has 130 valence electrons. The molecular weight excluding hydrogens is 324 g/mol. The van der Waals surface area contributed by atoms with Crippen LogP contribution >= 0.6 is 12.4 Å². The summed E-state index contributed by atoms with van der Waals surface area (Å²) in [5, 5.41) is 7.67. The van der Waals surface area contributed by atoms with Gasteiger partial charge in [-0.05, 0) is 13.0 Å². The van der Waals surface area contributed by atoms with Gasteiger partial charge in [-0.2, -0.15) is 0 Å². The first kappa shape index (κ1) is 17.4. The molecule has 2 fully saturated rings. The normalized spacial score (nSPS) is 22.4. The summed E-state index contributed by atoms with van der Waals surface area (Å²) in [7, 11) is 0. The predicted octanol–water partition coefficient (Wildman–Crippen LogP) is 2.24. The maximum Gasteiger partial charge on any atom is 0.151 e. The van der Waals surface area contributed by atoms with Crippen molar-refractivity contribution in [3.63, 3.8) is 0 Å². The summed E-state index contributed by atoms with van der Waals surface area (Å²) in [6.45, 7) is 7.72. The highest BCUT2D eigenvalue weighted by Gasteiger charge is 2.26. The molecule has 3 heterocycles. The van der Waals surface area contributed by atoms with Gasteiger partial charge in [-0.25, -0.2) is 0 Å². The molecule has 0 spiro atoms. The highest BCUT2D eigenvalue weighted by molar-refractivity contribution is 5.85. The van der Waals surface area contributed by atoms with Gasteiger partial charge in [0, 0.05) is 50.4 Å². The Balaban J connectivity index is 0.00000169. The van der Waals surface area contributed by atoms with E-state index in [1.54, 1.807) is 0 Å². The van der Waals surface area contributed by atoms with E-state index in [2.05, 4.69) is 38.5 Å². The maximum absolute atomic E-state index is 5.53. The molecule has 4 rings (SSSR count). The van der Waals surface area contributed by atoms with Gasteiger partial charge < -0.3 is 9.84 Å². The van der Waals surface area contributed by atoms with Crippen LogP contribution in [0.3, 0.4) is 0 Å². The van der Waals surface area contributed by atoms with E-state index in [1.165, 1.54) is 13.0 Å². The lowest BCUT2D eigenvalue weighted by Gasteiger charge is -2.37. The summed E-state index contributed by atoms with van der Waals surface area (Å²) in [5.74, 6) is 0.958. The largest absolute Gasteiger partial charge is 0.359 e. The fourth-order valence-electron chi connectivity index (χ4n) is 3.59. The van der Waals surface area contributed by atoms with Gasteiger partial charge in [0.2, 0.25) is 0 Å². The fraction of sp³-hybridized carbons (Fsp3) is 0.500. The molecule has 0 radical (unpaired) electrons. The van der Waals surface area contributed by atoms with E-state index in [-0.39, 0.29) is 12.4 Å². The molecule has 6 heteroatoms. The van der Waals surface area contributed by atoms with Crippen LogP contribution in [0.15, 0.2) is 40.9 Å². The zero-order valence-electron chi connectivity index (χ0n) is 13.9. The molecule has 2 aromatic rings. The minimum Gasteiger partial charge on any atom is -0.359 e. The van der Waals surface area contributed by atoms with Crippen LogP contribution < -0.4 is 5.32 Å². The van der Waals surface area contributed by atoms with Crippen molar-refractivity contribution in [3.8, 4) is 11.3 Å². The van der Waals surface area contributed by atoms with Crippen LogP contribution in [-0.2, 0) is 6.54 Å². The lowest BCUT2D eigenvalue weighted by atomic mass is 10.1. The number of hydrogen-bond donors (Lipinski definition) is 1. The second-order valence-corrected chi connectivity index (χ2v) is 6.50. The highest BCUT2D eigenvalue weighted by Crippen LogP contribution is 2.20. The molecule has 24 heavy (non-hydrogen) atoms. The van der Waals surface area contributed by atoms with Crippen LogP contribution in [0.2, 0.25) is 0 Å². The molecule has 1 aromatic heterocycles. The third kappa shape index (κ3) is 3.98. The summed E-state index contributed by atoms with van der Waals surface area (Å²) in [5.41, 5.74) is 2.04. The van der Waals surface area contributed by atoms with Crippen molar-refractivity contribution < 1.29 is 4.52 Å². The summed E-state index contributed by atoms with van der Waals surface area (Å²) >= 11 is 0. The van der Waals surface area contributed by atoms with Gasteiger partial charge in [0.15, 0.2) is 5.76 Å². The summed E-state index contributed by atoms with van der Waals surface area (Å²) in [4.78, 5) is 5.10. The Kier molecular flexibility index (Phi) is 5.89. The molecule has 0 saturated carbocycles. The average Bonchev–Trinajstić information content (AvgIpc) is 3.28. The smallest absolute Gasteiger partial charge is 0.151 e. The van der Waals surface area contributed by atoms with Crippen molar-refractivity contribution in [3.05, 3.63) is 42.2 Å². The first-order valence-corrected chi connectivity index (χ1v) is 8.56. The lowest BCUT2D eigenvalue weighted by molar-refractivity contribution is 0.0920. The zero-order chi connectivity index (χ0) is 15.5. The molecule has 1 aromatic carbocycles. The van der Waals surface area contributed by atoms with Crippen LogP contribution in [0.25, 0.3) is 11.3 Å². The quantitative estimate of drug-likeness (QED) is 0.918. The molecule has 2 aliphatic rings. The Morgan fingerprint density at radius 3 is 2.62 bits per heavy atom. The van der Waals surface area contributed by atoms with Crippen LogP contribution in [0.4, 0.5) is 0 Å². The monoisotopic (exact) mass is 348 g/mol. The number of rotatable bonds is 4. The zero-order valence-corrected chi connectivity index (χ0v) is 14.7. The van der Waals surface area contributed by atoms with Gasteiger partial charge >= 0.3 is 0 Å². The van der Waals surface area contributed by atoms with E-state index < -0.39 is 0 Å². The molecule has 2 aliphatic heterocycles. The summed E-state index contributed by atoms with van der Waals surface area (Å²) < 4.78 is 5.53. The first-order valence-electron chi connectivity index (χ1n) is 8.56. The van der Waals surface area contributed by atoms with Crippen molar-refractivity contribution >= 4 is 12.4 Å². The molecule has 1 N–H and O–H groups in total. The lowest BCUT2D eigenvalue weighted by Crippen LogP contribution is -2.50. The standard InChI is InChI=1S/C18H24N4O.ClH/c1-2-4-15(5-3-1)18-12-17(23-20-18)14-21-8-10-22(11-9-21)16-6-7-19-13-16;/h1-5,12,16,19H,6-11,13-14H2;1H. The number of halogens is 1. The van der Waals surface area contributed by atoms with Gasteiger partial charge in [-0.3, -0.25) is 9.80 Å². The molecule has 1 atom stereocenters. The van der Waals surface area contributed by atoms with E-state index in [1.807, 2.05) is 18.2 Å². The summed E-state index contributed by atoms with van der Waals surface area (Å²) in [6, 6.07) is 13.0. The first-order chi connectivity index (χ1) is 11.4. The third-order valence-corrected chi connectivity index (χ3v) is 4.97. The van der Waals surface area contributed by atoms with E-state index >= 15 is 0 Å².